The normalized spacial score (nSPS) is 11.1. The number of sulfone groups is 1. The highest BCUT2D eigenvalue weighted by Crippen LogP contribution is 2.22. The Bertz CT molecular complexity index is 1210. The number of hydrogen-bond donors (Lipinski definition) is 1. The molecule has 3 aromatic carbocycles. The first-order chi connectivity index (χ1) is 15.3. The van der Waals surface area contributed by atoms with Crippen molar-refractivity contribution < 1.29 is 18.0 Å². The van der Waals surface area contributed by atoms with E-state index in [0.717, 1.165) is 5.56 Å². The molecule has 7 heteroatoms. The Morgan fingerprint density at radius 1 is 0.844 bits per heavy atom. The van der Waals surface area contributed by atoms with Gasteiger partial charge in [-0.25, -0.2) is 8.42 Å². The molecule has 0 aliphatic carbocycles. The summed E-state index contributed by atoms with van der Waals surface area (Å²) in [6, 6.07) is 22.4. The summed E-state index contributed by atoms with van der Waals surface area (Å²) in [6.45, 7) is 2.19. The number of hydrogen-bond acceptors (Lipinski definition) is 4. The molecule has 166 valence electrons. The van der Waals surface area contributed by atoms with E-state index in [1.54, 1.807) is 55.3 Å². The van der Waals surface area contributed by atoms with Crippen LogP contribution in [0.2, 0.25) is 0 Å². The highest BCUT2D eigenvalue weighted by molar-refractivity contribution is 7.91. The van der Waals surface area contributed by atoms with Gasteiger partial charge in [0.1, 0.15) is 0 Å². The van der Waals surface area contributed by atoms with Crippen LogP contribution in [0.3, 0.4) is 0 Å². The number of carbonyl (C=O) groups is 2. The summed E-state index contributed by atoms with van der Waals surface area (Å²) in [5.41, 5.74) is 1.69. The molecule has 0 aliphatic rings. The first kappa shape index (κ1) is 23.2. The van der Waals surface area contributed by atoms with Crippen LogP contribution in [-0.2, 0) is 16.4 Å². The molecule has 1 N–H and O–H groups in total. The van der Waals surface area contributed by atoms with Crippen LogP contribution in [0.1, 0.15) is 39.6 Å². The molecule has 0 aromatic heterocycles. The Balaban J connectivity index is 1.86. The zero-order chi connectivity index (χ0) is 23.1. The molecule has 32 heavy (non-hydrogen) atoms. The van der Waals surface area contributed by atoms with Crippen molar-refractivity contribution in [1.29, 1.82) is 0 Å². The van der Waals surface area contributed by atoms with E-state index in [0.29, 0.717) is 24.2 Å². The lowest BCUT2D eigenvalue weighted by molar-refractivity contribution is 0.0786. The molecular weight excluding hydrogens is 424 g/mol. The molecule has 0 atom stereocenters. The average molecular weight is 451 g/mol. The van der Waals surface area contributed by atoms with Gasteiger partial charge in [-0.1, -0.05) is 61.5 Å². The van der Waals surface area contributed by atoms with E-state index in [9.17, 15) is 18.0 Å². The summed E-state index contributed by atoms with van der Waals surface area (Å²) in [4.78, 5) is 27.7. The van der Waals surface area contributed by atoms with Gasteiger partial charge < -0.3 is 10.2 Å². The number of para-hydroxylation sites is 1. The van der Waals surface area contributed by atoms with Gasteiger partial charge in [-0.2, -0.15) is 0 Å². The SMILES string of the molecule is CCCS(=O)(=O)c1ccccc1C(=O)Nc1ccccc1C(=O)N(C)Cc1ccccc1. The van der Waals surface area contributed by atoms with E-state index in [1.807, 2.05) is 30.3 Å². The number of amides is 2. The number of rotatable bonds is 8. The van der Waals surface area contributed by atoms with Gasteiger partial charge in [-0.15, -0.1) is 0 Å². The van der Waals surface area contributed by atoms with Gasteiger partial charge >= 0.3 is 0 Å². The first-order valence-corrected chi connectivity index (χ1v) is 12.0. The third-order valence-electron chi connectivity index (χ3n) is 4.95. The molecule has 6 nitrogen and oxygen atoms in total. The summed E-state index contributed by atoms with van der Waals surface area (Å²) in [6.07, 6.45) is 0.448. The van der Waals surface area contributed by atoms with Gasteiger partial charge in [0.15, 0.2) is 9.84 Å². The summed E-state index contributed by atoms with van der Waals surface area (Å²) in [5.74, 6) is -0.876. The Labute approximate surface area is 188 Å². The van der Waals surface area contributed by atoms with Crippen LogP contribution in [0, 0.1) is 0 Å². The number of nitrogens with zero attached hydrogens (tertiary/aromatic N) is 1. The molecule has 0 bridgehead atoms. The minimum absolute atomic E-state index is 0.00986. The molecule has 0 unspecified atom stereocenters. The van der Waals surface area contributed by atoms with Crippen LogP contribution in [0.25, 0.3) is 0 Å². The smallest absolute Gasteiger partial charge is 0.257 e. The molecular formula is C25H26N2O4S. The van der Waals surface area contributed by atoms with Crippen molar-refractivity contribution in [3.63, 3.8) is 0 Å². The van der Waals surface area contributed by atoms with Crippen molar-refractivity contribution in [2.45, 2.75) is 24.8 Å². The second-order valence-corrected chi connectivity index (χ2v) is 9.54. The van der Waals surface area contributed by atoms with Gasteiger partial charge in [0.2, 0.25) is 0 Å². The highest BCUT2D eigenvalue weighted by atomic mass is 32.2. The minimum Gasteiger partial charge on any atom is -0.337 e. The number of anilines is 1. The van der Waals surface area contributed by atoms with Crippen LogP contribution >= 0.6 is 0 Å². The largest absolute Gasteiger partial charge is 0.337 e. The topological polar surface area (TPSA) is 83.5 Å². The summed E-state index contributed by atoms with van der Waals surface area (Å²) < 4.78 is 25.2. The average Bonchev–Trinajstić information content (AvgIpc) is 2.79. The molecule has 0 saturated heterocycles. The van der Waals surface area contributed by atoms with Crippen LogP contribution in [0.15, 0.2) is 83.8 Å². The fourth-order valence-electron chi connectivity index (χ4n) is 3.41. The maximum absolute atomic E-state index is 13.1. The third-order valence-corrected chi connectivity index (χ3v) is 6.93. The van der Waals surface area contributed by atoms with Crippen molar-refractivity contribution in [2.75, 3.05) is 18.1 Å². The zero-order valence-corrected chi connectivity index (χ0v) is 18.9. The quantitative estimate of drug-likeness (QED) is 0.552. The molecule has 0 aliphatic heterocycles. The molecule has 3 rings (SSSR count). The monoisotopic (exact) mass is 450 g/mol. The summed E-state index contributed by atoms with van der Waals surface area (Å²) in [7, 11) is -1.89. The Morgan fingerprint density at radius 3 is 2.12 bits per heavy atom. The lowest BCUT2D eigenvalue weighted by atomic mass is 10.1. The van der Waals surface area contributed by atoms with Crippen molar-refractivity contribution in [3.05, 3.63) is 95.6 Å². The molecule has 0 fully saturated rings. The molecule has 0 radical (unpaired) electrons. The van der Waals surface area contributed by atoms with Crippen LogP contribution in [0.5, 0.6) is 0 Å². The summed E-state index contributed by atoms with van der Waals surface area (Å²) in [5, 5.41) is 2.73. The number of carbonyl (C=O) groups excluding carboxylic acids is 2. The lowest BCUT2D eigenvalue weighted by Gasteiger charge is -2.19. The van der Waals surface area contributed by atoms with E-state index in [-0.39, 0.29) is 22.1 Å². The van der Waals surface area contributed by atoms with Crippen molar-refractivity contribution in [3.8, 4) is 0 Å². The summed E-state index contributed by atoms with van der Waals surface area (Å²) >= 11 is 0. The fourth-order valence-corrected chi connectivity index (χ4v) is 4.95. The van der Waals surface area contributed by atoms with Gasteiger partial charge in [-0.3, -0.25) is 9.59 Å². The van der Waals surface area contributed by atoms with E-state index in [1.165, 1.54) is 12.1 Å². The third kappa shape index (κ3) is 5.42. The highest BCUT2D eigenvalue weighted by Gasteiger charge is 2.23. The van der Waals surface area contributed by atoms with Crippen molar-refractivity contribution >= 4 is 27.3 Å². The second-order valence-electron chi connectivity index (χ2n) is 7.46. The first-order valence-electron chi connectivity index (χ1n) is 10.3. The minimum atomic E-state index is -3.59. The Hall–Kier alpha value is -3.45. The van der Waals surface area contributed by atoms with Crippen molar-refractivity contribution in [2.24, 2.45) is 0 Å². The molecule has 0 heterocycles. The fraction of sp³-hybridized carbons (Fsp3) is 0.200. The molecule has 3 aromatic rings. The predicted molar refractivity (Wildman–Crippen MR) is 125 cm³/mol. The van der Waals surface area contributed by atoms with E-state index >= 15 is 0 Å². The van der Waals surface area contributed by atoms with Gasteiger partial charge in [0, 0.05) is 13.6 Å². The molecule has 0 spiro atoms. The molecule has 2 amide bonds. The Kier molecular flexibility index (Phi) is 7.43. The van der Waals surface area contributed by atoms with Gasteiger partial charge in [-0.05, 0) is 36.2 Å². The van der Waals surface area contributed by atoms with Crippen LogP contribution in [-0.4, -0.2) is 37.9 Å². The lowest BCUT2D eigenvalue weighted by Crippen LogP contribution is -2.27. The maximum Gasteiger partial charge on any atom is 0.257 e. The predicted octanol–water partition coefficient (Wildman–Crippen LogP) is 4.39. The number of benzene rings is 3. The second kappa shape index (κ2) is 10.2. The van der Waals surface area contributed by atoms with Crippen molar-refractivity contribution in [1.82, 2.24) is 4.90 Å². The van der Waals surface area contributed by atoms with Crippen LogP contribution in [0.4, 0.5) is 5.69 Å². The molecule has 0 saturated carbocycles. The Morgan fingerprint density at radius 2 is 1.44 bits per heavy atom. The standard InChI is InChI=1S/C25H26N2O4S/c1-3-17-32(30,31)23-16-10-8-14-21(23)24(28)26-22-15-9-7-13-20(22)25(29)27(2)18-19-11-5-4-6-12-19/h4-16H,3,17-18H2,1-2H3,(H,26,28). The van der Waals surface area contributed by atoms with E-state index < -0.39 is 15.7 Å². The maximum atomic E-state index is 13.1. The van der Waals surface area contributed by atoms with E-state index in [4.69, 9.17) is 0 Å². The van der Waals surface area contributed by atoms with Gasteiger partial charge in [0.25, 0.3) is 11.8 Å². The van der Waals surface area contributed by atoms with Gasteiger partial charge in [0.05, 0.1) is 27.5 Å². The zero-order valence-electron chi connectivity index (χ0n) is 18.1. The van der Waals surface area contributed by atoms with E-state index in [2.05, 4.69) is 5.32 Å². The van der Waals surface area contributed by atoms with Crippen LogP contribution < -0.4 is 5.32 Å². The number of nitrogens with one attached hydrogen (secondary N) is 1.